The molecule has 0 saturated carbocycles. The van der Waals surface area contributed by atoms with E-state index in [1.807, 2.05) is 0 Å². The van der Waals surface area contributed by atoms with Gasteiger partial charge in [-0.05, 0) is 37.1 Å². The summed E-state index contributed by atoms with van der Waals surface area (Å²) in [6.07, 6.45) is -6.68. The maximum absolute atomic E-state index is 13.6. The van der Waals surface area contributed by atoms with E-state index in [-0.39, 0.29) is 45.6 Å². The minimum Gasteiger partial charge on any atom is -0.391 e. The lowest BCUT2D eigenvalue weighted by atomic mass is 10.0. The molecular weight excluding hydrogens is 895 g/mol. The van der Waals surface area contributed by atoms with E-state index >= 15 is 0 Å². The molecule has 0 bridgehead atoms. The fourth-order valence-electron chi connectivity index (χ4n) is 6.08. The lowest BCUT2D eigenvalue weighted by Crippen LogP contribution is -2.59. The first-order valence-corrected chi connectivity index (χ1v) is 20.3. The fourth-order valence-corrected chi connectivity index (χ4v) is 6.52. The van der Waals surface area contributed by atoms with Crippen LogP contribution in [-0.2, 0) is 41.6 Å². The third-order valence-electron chi connectivity index (χ3n) is 9.50. The Morgan fingerprint density at radius 3 is 1.29 bits per heavy atom. The Labute approximate surface area is 380 Å². The number of nitrogens with one attached hydrogen (secondary N) is 6. The van der Waals surface area contributed by atoms with Gasteiger partial charge in [0.25, 0.3) is 11.4 Å². The zero-order valence-electron chi connectivity index (χ0n) is 34.5. The molecule has 6 unspecified atom stereocenters. The number of hydrogen-bond acceptors (Lipinski definition) is 13. The predicted octanol–water partition coefficient (Wildman–Crippen LogP) is 2.32. The molecule has 0 heterocycles. The van der Waals surface area contributed by atoms with Gasteiger partial charge in [-0.3, -0.25) is 49.0 Å². The van der Waals surface area contributed by atoms with Gasteiger partial charge in [-0.1, -0.05) is 83.9 Å². The highest BCUT2D eigenvalue weighted by molar-refractivity contribution is 6.34. The summed E-state index contributed by atoms with van der Waals surface area (Å²) in [5.74, 6) is -6.27. The maximum Gasteiger partial charge on any atom is 0.271 e. The van der Waals surface area contributed by atoms with Crippen LogP contribution in [0.5, 0.6) is 0 Å². The van der Waals surface area contributed by atoms with Crippen LogP contribution in [0.1, 0.15) is 31.4 Å². The SMILES string of the molecule is CC(O)C(NC(=O)CC(O)C(=O)NC(C(=O)N[C@@H](Cc1ccccc1)C(=O)Nc1ccc([N+](=O)[O-])cc1Cl)C(C)O)C(=O)NC(Cc1ccccc1)C(=O)Nc1ccc([N+](=O)[O-])cc1Cl. The van der Waals surface area contributed by atoms with Crippen LogP contribution in [0, 0.1) is 20.2 Å². The molecule has 0 radical (unpaired) electrons. The molecule has 4 aromatic carbocycles. The van der Waals surface area contributed by atoms with Crippen LogP contribution in [-0.4, -0.2) is 103 Å². The zero-order chi connectivity index (χ0) is 48.0. The van der Waals surface area contributed by atoms with E-state index in [2.05, 4.69) is 31.9 Å². The molecule has 7 atom stereocenters. The van der Waals surface area contributed by atoms with Gasteiger partial charge in [0.15, 0.2) is 0 Å². The van der Waals surface area contributed by atoms with Gasteiger partial charge in [-0.25, -0.2) is 0 Å². The number of aliphatic hydroxyl groups excluding tert-OH is 3. The van der Waals surface area contributed by atoms with E-state index < -0.39 is 94.2 Å². The van der Waals surface area contributed by atoms with E-state index in [4.69, 9.17) is 23.2 Å². The van der Waals surface area contributed by atoms with E-state index in [1.165, 1.54) is 12.1 Å². The van der Waals surface area contributed by atoms with Crippen molar-refractivity contribution in [1.82, 2.24) is 21.3 Å². The number of halogens is 2. The number of rotatable bonds is 21. The molecule has 23 heteroatoms. The van der Waals surface area contributed by atoms with Crippen molar-refractivity contribution in [3.05, 3.63) is 138 Å². The number of anilines is 2. The number of hydrogen-bond donors (Lipinski definition) is 9. The Morgan fingerprint density at radius 2 is 0.938 bits per heavy atom. The first kappa shape index (κ1) is 50.6. The summed E-state index contributed by atoms with van der Waals surface area (Å²) in [6.45, 7) is 2.28. The first-order valence-electron chi connectivity index (χ1n) is 19.6. The number of carbonyl (C=O) groups is 6. The predicted molar refractivity (Wildman–Crippen MR) is 235 cm³/mol. The zero-order valence-corrected chi connectivity index (χ0v) is 36.0. The van der Waals surface area contributed by atoms with Gasteiger partial charge >= 0.3 is 0 Å². The van der Waals surface area contributed by atoms with Crippen molar-refractivity contribution >= 4 is 81.4 Å². The van der Waals surface area contributed by atoms with Crippen molar-refractivity contribution in [2.45, 2.75) is 75.6 Å². The smallest absolute Gasteiger partial charge is 0.271 e. The van der Waals surface area contributed by atoms with Crippen LogP contribution >= 0.6 is 23.2 Å². The molecular formula is C42H44Cl2N8O13. The number of carbonyl (C=O) groups excluding carboxylic acids is 6. The lowest BCUT2D eigenvalue weighted by molar-refractivity contribution is -0.385. The summed E-state index contributed by atoms with van der Waals surface area (Å²) in [4.78, 5) is 101. The van der Waals surface area contributed by atoms with Crippen LogP contribution in [0.4, 0.5) is 22.7 Å². The molecule has 9 N–H and O–H groups in total. The van der Waals surface area contributed by atoms with Gasteiger partial charge in [-0.15, -0.1) is 0 Å². The molecule has 0 spiro atoms. The molecule has 6 amide bonds. The van der Waals surface area contributed by atoms with E-state index in [1.54, 1.807) is 60.7 Å². The number of aliphatic hydroxyl groups is 3. The Morgan fingerprint density at radius 1 is 0.554 bits per heavy atom. The maximum atomic E-state index is 13.6. The number of non-ortho nitro benzene ring substituents is 2. The van der Waals surface area contributed by atoms with Crippen molar-refractivity contribution < 1.29 is 53.9 Å². The van der Waals surface area contributed by atoms with Crippen LogP contribution in [0.2, 0.25) is 10.0 Å². The Kier molecular flexibility index (Phi) is 18.4. The summed E-state index contributed by atoms with van der Waals surface area (Å²) in [7, 11) is 0. The van der Waals surface area contributed by atoms with Crippen LogP contribution in [0.3, 0.4) is 0 Å². The second-order valence-electron chi connectivity index (χ2n) is 14.6. The molecule has 21 nitrogen and oxygen atoms in total. The van der Waals surface area contributed by atoms with E-state index in [0.29, 0.717) is 11.1 Å². The number of amides is 6. The summed E-state index contributed by atoms with van der Waals surface area (Å²) < 4.78 is 0. The molecule has 0 aliphatic rings. The van der Waals surface area contributed by atoms with Crippen molar-refractivity contribution in [3.8, 4) is 0 Å². The van der Waals surface area contributed by atoms with Crippen molar-refractivity contribution in [1.29, 1.82) is 0 Å². The standard InChI is InChI=1S/C42H44Cl2N8O13/c1-22(53)36(41(60)47-32(17-24-9-5-3-6-10-24)38(57)45-30-15-13-26(51(62)63)19-28(30)43)49-35(56)21-34(55)40(59)50-37(23(2)54)42(61)48-33(18-25-11-7-4-8-12-25)39(58)46-31-16-14-27(52(64)65)20-29(31)44/h3-16,19-20,22-23,32-34,36-37,53-55H,17-18,21H2,1-2H3,(H,45,57)(H,46,58)(H,47,60)(H,48,61)(H,49,56)(H,50,59)/t22?,23?,32?,33-,34?,36?,37?/m0/s1. The quantitative estimate of drug-likeness (QED) is 0.0429. The second-order valence-corrected chi connectivity index (χ2v) is 15.4. The van der Waals surface area contributed by atoms with Gasteiger partial charge in [0.2, 0.25) is 35.4 Å². The van der Waals surface area contributed by atoms with E-state index in [9.17, 15) is 64.3 Å². The van der Waals surface area contributed by atoms with Gasteiger partial charge in [0.05, 0.1) is 49.9 Å². The van der Waals surface area contributed by atoms with Crippen molar-refractivity contribution in [3.63, 3.8) is 0 Å². The molecule has 65 heavy (non-hydrogen) atoms. The number of nitrogens with zero attached hydrogens (tertiary/aromatic N) is 2. The van der Waals surface area contributed by atoms with E-state index in [0.717, 1.165) is 38.1 Å². The molecule has 0 fully saturated rings. The van der Waals surface area contributed by atoms with Gasteiger partial charge in [-0.2, -0.15) is 0 Å². The largest absolute Gasteiger partial charge is 0.391 e. The highest BCUT2D eigenvalue weighted by Gasteiger charge is 2.34. The first-order chi connectivity index (χ1) is 30.7. The summed E-state index contributed by atoms with van der Waals surface area (Å²) in [5.41, 5.74) is 0.447. The van der Waals surface area contributed by atoms with Crippen molar-refractivity contribution in [2.24, 2.45) is 0 Å². The number of nitro benzene ring substituents is 2. The third kappa shape index (κ3) is 15.0. The molecule has 4 rings (SSSR count). The van der Waals surface area contributed by atoms with Crippen LogP contribution < -0.4 is 31.9 Å². The molecule has 0 saturated heterocycles. The summed E-state index contributed by atoms with van der Waals surface area (Å²) in [6, 6.07) is 17.1. The van der Waals surface area contributed by atoms with Crippen LogP contribution in [0.25, 0.3) is 0 Å². The monoisotopic (exact) mass is 938 g/mol. The lowest BCUT2D eigenvalue weighted by Gasteiger charge is -2.26. The number of nitro groups is 2. The topological polar surface area (TPSA) is 322 Å². The average Bonchev–Trinajstić information content (AvgIpc) is 3.25. The van der Waals surface area contributed by atoms with Gasteiger partial charge in [0, 0.05) is 37.1 Å². The third-order valence-corrected chi connectivity index (χ3v) is 10.1. The normalized spacial score (nSPS) is 14.1. The summed E-state index contributed by atoms with van der Waals surface area (Å²) in [5, 5.41) is 67.9. The van der Waals surface area contributed by atoms with Crippen molar-refractivity contribution in [2.75, 3.05) is 10.6 Å². The minimum atomic E-state index is -2.20. The highest BCUT2D eigenvalue weighted by Crippen LogP contribution is 2.28. The molecule has 0 aliphatic heterocycles. The molecule has 0 aliphatic carbocycles. The minimum absolute atomic E-state index is 0.0138. The average molecular weight is 940 g/mol. The summed E-state index contributed by atoms with van der Waals surface area (Å²) >= 11 is 12.3. The van der Waals surface area contributed by atoms with Crippen LogP contribution in [0.15, 0.2) is 97.1 Å². The highest BCUT2D eigenvalue weighted by atomic mass is 35.5. The Balaban J connectivity index is 1.43. The van der Waals surface area contributed by atoms with Gasteiger partial charge < -0.3 is 47.2 Å². The molecule has 4 aromatic rings. The van der Waals surface area contributed by atoms with Gasteiger partial charge in [0.1, 0.15) is 30.3 Å². The fraction of sp³-hybridized carbons (Fsp3) is 0.286. The molecule has 344 valence electrons. The Hall–Kier alpha value is -7.04. The Bertz CT molecular complexity index is 2390. The molecule has 0 aromatic heterocycles. The number of benzene rings is 4. The second kappa shape index (κ2) is 23.6.